The van der Waals surface area contributed by atoms with Crippen LogP contribution < -0.4 is 0 Å². The standard InChI is InChI=1S/C9H9F3N2S/c1-2-5-14-15-7-3-4-8(13-6-7)9(10,11)12/h3-6H,2H2,1H3. The summed E-state index contributed by atoms with van der Waals surface area (Å²) in [6, 6.07) is 2.30. The Balaban J connectivity index is 2.69. The molecule has 0 fully saturated rings. The zero-order valence-corrected chi connectivity index (χ0v) is 8.77. The van der Waals surface area contributed by atoms with E-state index < -0.39 is 11.9 Å². The van der Waals surface area contributed by atoms with Crippen LogP contribution in [0, 0.1) is 0 Å². The van der Waals surface area contributed by atoms with Gasteiger partial charge < -0.3 is 0 Å². The highest BCUT2D eigenvalue weighted by atomic mass is 32.2. The Morgan fingerprint density at radius 2 is 2.20 bits per heavy atom. The second-order valence-electron chi connectivity index (χ2n) is 2.66. The van der Waals surface area contributed by atoms with Crippen LogP contribution in [0.3, 0.4) is 0 Å². The Morgan fingerprint density at radius 3 is 2.67 bits per heavy atom. The Kier molecular flexibility index (Phi) is 4.14. The summed E-state index contributed by atoms with van der Waals surface area (Å²) in [5, 5.41) is 0. The van der Waals surface area contributed by atoms with Crippen molar-refractivity contribution in [1.29, 1.82) is 0 Å². The first kappa shape index (κ1) is 12.0. The molecule has 0 radical (unpaired) electrons. The van der Waals surface area contributed by atoms with E-state index in [4.69, 9.17) is 0 Å². The van der Waals surface area contributed by atoms with Gasteiger partial charge in [0.05, 0.1) is 0 Å². The Morgan fingerprint density at radius 1 is 1.47 bits per heavy atom. The van der Waals surface area contributed by atoms with E-state index in [9.17, 15) is 13.2 Å². The molecule has 1 aromatic heterocycles. The molecule has 1 rings (SSSR count). The maximum absolute atomic E-state index is 12.1. The maximum Gasteiger partial charge on any atom is 0.433 e. The fourth-order valence-corrected chi connectivity index (χ4v) is 1.35. The molecule has 6 heteroatoms. The van der Waals surface area contributed by atoms with Crippen molar-refractivity contribution in [3.8, 4) is 0 Å². The van der Waals surface area contributed by atoms with Gasteiger partial charge in [0, 0.05) is 29.3 Å². The highest BCUT2D eigenvalue weighted by Gasteiger charge is 2.31. The van der Waals surface area contributed by atoms with Gasteiger partial charge in [-0.3, -0.25) is 4.98 Å². The van der Waals surface area contributed by atoms with Crippen LogP contribution in [-0.2, 0) is 6.18 Å². The molecule has 1 heterocycles. The molecule has 0 atom stereocenters. The van der Waals surface area contributed by atoms with Crippen LogP contribution in [-0.4, -0.2) is 11.2 Å². The van der Waals surface area contributed by atoms with Crippen LogP contribution >= 0.6 is 11.9 Å². The van der Waals surface area contributed by atoms with Crippen molar-refractivity contribution in [3.63, 3.8) is 0 Å². The molecule has 0 aliphatic rings. The van der Waals surface area contributed by atoms with E-state index in [0.717, 1.165) is 24.4 Å². The van der Waals surface area contributed by atoms with Gasteiger partial charge in [-0.15, -0.1) is 0 Å². The van der Waals surface area contributed by atoms with Gasteiger partial charge in [0.1, 0.15) is 5.69 Å². The van der Waals surface area contributed by atoms with E-state index in [2.05, 4.69) is 9.38 Å². The number of rotatable bonds is 3. The highest BCUT2D eigenvalue weighted by molar-refractivity contribution is 7.98. The minimum atomic E-state index is -4.38. The van der Waals surface area contributed by atoms with E-state index in [1.165, 1.54) is 12.3 Å². The molecule has 2 nitrogen and oxygen atoms in total. The summed E-state index contributed by atoms with van der Waals surface area (Å²) in [7, 11) is 0. The zero-order chi connectivity index (χ0) is 11.3. The molecule has 0 aromatic carbocycles. The normalized spacial score (nSPS) is 12.3. The smallest absolute Gasteiger partial charge is 0.251 e. The van der Waals surface area contributed by atoms with Gasteiger partial charge in [0.2, 0.25) is 0 Å². The Labute approximate surface area is 89.8 Å². The Hall–Kier alpha value is -1.04. The average molecular weight is 234 g/mol. The van der Waals surface area contributed by atoms with E-state index in [1.54, 1.807) is 6.21 Å². The number of nitrogens with zero attached hydrogens (tertiary/aromatic N) is 2. The van der Waals surface area contributed by atoms with E-state index in [-0.39, 0.29) is 0 Å². The predicted molar refractivity (Wildman–Crippen MR) is 53.9 cm³/mol. The quantitative estimate of drug-likeness (QED) is 0.590. The largest absolute Gasteiger partial charge is 0.433 e. The fourth-order valence-electron chi connectivity index (χ4n) is 0.775. The second kappa shape index (κ2) is 5.16. The topological polar surface area (TPSA) is 25.2 Å². The average Bonchev–Trinajstić information content (AvgIpc) is 2.18. The first-order valence-corrected chi connectivity index (χ1v) is 5.03. The molecule has 0 unspecified atom stereocenters. The van der Waals surface area contributed by atoms with Crippen LogP contribution in [0.2, 0.25) is 0 Å². The highest BCUT2D eigenvalue weighted by Crippen LogP contribution is 2.28. The molecule has 0 saturated carbocycles. The summed E-state index contributed by atoms with van der Waals surface area (Å²) < 4.78 is 40.3. The number of pyridine rings is 1. The zero-order valence-electron chi connectivity index (χ0n) is 7.95. The first-order valence-electron chi connectivity index (χ1n) is 4.26. The van der Waals surface area contributed by atoms with Gasteiger partial charge in [0.15, 0.2) is 0 Å². The lowest BCUT2D eigenvalue weighted by atomic mass is 10.3. The summed E-state index contributed by atoms with van der Waals surface area (Å²) in [5.41, 5.74) is -0.883. The number of aromatic nitrogens is 1. The molecule has 0 amide bonds. The van der Waals surface area contributed by atoms with Crippen molar-refractivity contribution >= 4 is 18.2 Å². The second-order valence-corrected chi connectivity index (χ2v) is 3.53. The van der Waals surface area contributed by atoms with Crippen LogP contribution in [0.25, 0.3) is 0 Å². The third-order valence-corrected chi connectivity index (χ3v) is 2.15. The van der Waals surface area contributed by atoms with Crippen molar-refractivity contribution in [2.24, 2.45) is 4.40 Å². The van der Waals surface area contributed by atoms with E-state index in [1.807, 2.05) is 6.92 Å². The monoisotopic (exact) mass is 234 g/mol. The maximum atomic E-state index is 12.1. The van der Waals surface area contributed by atoms with Gasteiger partial charge in [0.25, 0.3) is 0 Å². The molecule has 0 aliphatic carbocycles. The van der Waals surface area contributed by atoms with Gasteiger partial charge in [-0.05, 0) is 18.6 Å². The summed E-state index contributed by atoms with van der Waals surface area (Å²) in [5.74, 6) is 0. The summed E-state index contributed by atoms with van der Waals surface area (Å²) in [6.07, 6.45) is -0.736. The number of alkyl halides is 3. The van der Waals surface area contributed by atoms with Crippen molar-refractivity contribution in [1.82, 2.24) is 4.98 Å². The third-order valence-electron chi connectivity index (χ3n) is 1.44. The van der Waals surface area contributed by atoms with E-state index in [0.29, 0.717) is 4.90 Å². The van der Waals surface area contributed by atoms with Crippen molar-refractivity contribution in [3.05, 3.63) is 24.0 Å². The molecule has 0 saturated heterocycles. The molecular formula is C9H9F3N2S. The van der Waals surface area contributed by atoms with Crippen molar-refractivity contribution in [2.45, 2.75) is 24.4 Å². The summed E-state index contributed by atoms with van der Waals surface area (Å²) >= 11 is 1.10. The molecule has 1 aromatic rings. The molecule has 0 aliphatic heterocycles. The van der Waals surface area contributed by atoms with Crippen LogP contribution in [0.1, 0.15) is 19.0 Å². The SMILES string of the molecule is CCC=NSc1ccc(C(F)(F)F)nc1. The van der Waals surface area contributed by atoms with Crippen molar-refractivity contribution < 1.29 is 13.2 Å². The number of hydrogen-bond donors (Lipinski definition) is 0. The minimum Gasteiger partial charge on any atom is -0.251 e. The number of hydrogen-bond acceptors (Lipinski definition) is 3. The molecular weight excluding hydrogens is 225 g/mol. The molecule has 0 N–H and O–H groups in total. The van der Waals surface area contributed by atoms with Gasteiger partial charge in [-0.1, -0.05) is 6.92 Å². The minimum absolute atomic E-state index is 0.590. The van der Waals surface area contributed by atoms with Gasteiger partial charge in [-0.25, -0.2) is 4.40 Å². The van der Waals surface area contributed by atoms with E-state index >= 15 is 0 Å². The predicted octanol–water partition coefficient (Wildman–Crippen LogP) is 3.59. The van der Waals surface area contributed by atoms with Gasteiger partial charge >= 0.3 is 6.18 Å². The van der Waals surface area contributed by atoms with Crippen LogP contribution in [0.15, 0.2) is 27.6 Å². The van der Waals surface area contributed by atoms with Gasteiger partial charge in [-0.2, -0.15) is 13.2 Å². The molecule has 0 bridgehead atoms. The third kappa shape index (κ3) is 3.91. The molecule has 82 valence electrons. The van der Waals surface area contributed by atoms with Crippen molar-refractivity contribution in [2.75, 3.05) is 0 Å². The van der Waals surface area contributed by atoms with Crippen LogP contribution in [0.5, 0.6) is 0 Å². The summed E-state index contributed by atoms with van der Waals surface area (Å²) in [6.45, 7) is 1.93. The Bertz CT molecular complexity index is 332. The first-order chi connectivity index (χ1) is 7.04. The lowest BCUT2D eigenvalue weighted by Crippen LogP contribution is -2.06. The lowest BCUT2D eigenvalue weighted by molar-refractivity contribution is -0.141. The fraction of sp³-hybridized carbons (Fsp3) is 0.333. The molecule has 15 heavy (non-hydrogen) atoms. The molecule has 0 spiro atoms. The summed E-state index contributed by atoms with van der Waals surface area (Å²) in [4.78, 5) is 3.90. The lowest BCUT2D eigenvalue weighted by Gasteiger charge is -2.04. The number of halogens is 3. The van der Waals surface area contributed by atoms with Crippen LogP contribution in [0.4, 0.5) is 13.2 Å².